The minimum Gasteiger partial charge on any atom is -0.460 e. The Balaban J connectivity index is 1.67. The summed E-state index contributed by atoms with van der Waals surface area (Å²) in [5.74, 6) is -0.718. The molecule has 4 atom stereocenters. The maximum Gasteiger partial charge on any atom is 0.308 e. The van der Waals surface area contributed by atoms with Gasteiger partial charge in [0.1, 0.15) is 23.7 Å². The molecule has 1 heterocycles. The minimum absolute atomic E-state index is 0.298. The second-order valence-corrected chi connectivity index (χ2v) is 9.00. The maximum absolute atomic E-state index is 12.1. The molecule has 194 valence electrons. The van der Waals surface area contributed by atoms with E-state index in [2.05, 4.69) is 0 Å². The van der Waals surface area contributed by atoms with Crippen molar-refractivity contribution in [1.82, 2.24) is 0 Å². The van der Waals surface area contributed by atoms with Crippen LogP contribution in [0.25, 0.3) is 10.8 Å². The third-order valence-electron chi connectivity index (χ3n) is 6.11. The molecule has 1 saturated heterocycles. The van der Waals surface area contributed by atoms with Gasteiger partial charge in [0, 0.05) is 43.5 Å². The lowest BCUT2D eigenvalue weighted by Gasteiger charge is -2.40. The molecule has 0 N–H and O–H groups in total. The fourth-order valence-electron chi connectivity index (χ4n) is 4.65. The number of hydrogen-bond acceptors (Lipinski definition) is 8. The Morgan fingerprint density at radius 1 is 0.838 bits per heavy atom. The summed E-state index contributed by atoms with van der Waals surface area (Å²) in [6, 6.07) is 18.5. The van der Waals surface area contributed by atoms with Gasteiger partial charge < -0.3 is 23.7 Å². The van der Waals surface area contributed by atoms with Gasteiger partial charge in [0.2, 0.25) is 0 Å². The number of benzene rings is 3. The van der Waals surface area contributed by atoms with Crippen LogP contribution in [-0.4, -0.2) is 36.2 Å². The van der Waals surface area contributed by atoms with Crippen LogP contribution in [0.3, 0.4) is 0 Å². The summed E-state index contributed by atoms with van der Waals surface area (Å²) in [5, 5.41) is 1.20. The van der Waals surface area contributed by atoms with E-state index in [0.29, 0.717) is 40.9 Å². The molecule has 0 aliphatic carbocycles. The van der Waals surface area contributed by atoms with Crippen molar-refractivity contribution in [1.29, 1.82) is 0 Å². The number of hydrogen-bond donors (Lipinski definition) is 0. The van der Waals surface area contributed by atoms with Crippen LogP contribution in [0.15, 0.2) is 60.7 Å². The molecule has 0 radical (unpaired) electrons. The molecule has 0 amide bonds. The molecular weight excluding hydrogens is 476 g/mol. The van der Waals surface area contributed by atoms with Crippen LogP contribution < -0.4 is 9.47 Å². The molecule has 8 nitrogen and oxygen atoms in total. The molecule has 1 fully saturated rings. The van der Waals surface area contributed by atoms with Crippen LogP contribution >= 0.6 is 0 Å². The van der Waals surface area contributed by atoms with Crippen LogP contribution in [0.1, 0.15) is 51.3 Å². The first-order valence-electron chi connectivity index (χ1n) is 12.1. The van der Waals surface area contributed by atoms with E-state index < -0.39 is 42.3 Å². The highest BCUT2D eigenvalue weighted by atomic mass is 16.6. The van der Waals surface area contributed by atoms with Crippen LogP contribution in [0.4, 0.5) is 0 Å². The number of fused-ring (bicyclic) bond motifs is 1. The van der Waals surface area contributed by atoms with Gasteiger partial charge in [-0.15, -0.1) is 0 Å². The number of rotatable bonds is 7. The maximum atomic E-state index is 12.1. The average molecular weight is 507 g/mol. The lowest BCUT2D eigenvalue weighted by molar-refractivity contribution is -0.204. The van der Waals surface area contributed by atoms with E-state index in [1.165, 1.54) is 20.8 Å². The normalized spacial score (nSPS) is 21.3. The zero-order chi connectivity index (χ0) is 26.5. The van der Waals surface area contributed by atoms with E-state index >= 15 is 0 Å². The predicted molar refractivity (Wildman–Crippen MR) is 135 cm³/mol. The van der Waals surface area contributed by atoms with Crippen molar-refractivity contribution in [3.05, 3.63) is 71.8 Å². The molecule has 1 aliphatic heterocycles. The number of ether oxygens (including phenoxy) is 5. The number of carbonyl (C=O) groups is 3. The van der Waals surface area contributed by atoms with Crippen LogP contribution in [0.2, 0.25) is 0 Å². The molecule has 3 aromatic carbocycles. The van der Waals surface area contributed by atoms with Crippen molar-refractivity contribution in [2.24, 2.45) is 0 Å². The minimum atomic E-state index is -0.580. The van der Waals surface area contributed by atoms with Gasteiger partial charge in [0.15, 0.2) is 0 Å². The van der Waals surface area contributed by atoms with E-state index in [-0.39, 0.29) is 0 Å². The molecule has 0 spiro atoms. The Labute approximate surface area is 215 Å². The van der Waals surface area contributed by atoms with Crippen LogP contribution in [0.5, 0.6) is 11.5 Å². The molecule has 0 bridgehead atoms. The quantitative estimate of drug-likeness (QED) is 0.324. The van der Waals surface area contributed by atoms with E-state index in [0.717, 1.165) is 5.56 Å². The topological polar surface area (TPSA) is 97.4 Å². The highest BCUT2D eigenvalue weighted by molar-refractivity contribution is 5.96. The fourth-order valence-corrected chi connectivity index (χ4v) is 4.65. The molecule has 0 aromatic heterocycles. The SMILES string of the molecule is CC(=O)Oc1cccc2c(OC(C)=O)c([C@H]3C[C@@H](OC(C)=O)[C@H](OCc4ccccc4)C(C)O3)ccc12. The zero-order valence-corrected chi connectivity index (χ0v) is 21.3. The van der Waals surface area contributed by atoms with Gasteiger partial charge in [-0.25, -0.2) is 0 Å². The number of esters is 3. The van der Waals surface area contributed by atoms with Gasteiger partial charge in [-0.1, -0.05) is 48.5 Å². The largest absolute Gasteiger partial charge is 0.460 e. The standard InChI is InChI=1S/C29H30O8/c1-17-28(33-16-21-9-6-5-7-10-21)27(36-19(3)31)15-26(34-17)24-14-13-22-23(29(24)37-20(4)32)11-8-12-25(22)35-18(2)30/h5-14,17,26-28H,15-16H2,1-4H3/t17?,26-,27-,28-/m1/s1. The summed E-state index contributed by atoms with van der Waals surface area (Å²) >= 11 is 0. The van der Waals surface area contributed by atoms with Gasteiger partial charge in [-0.2, -0.15) is 0 Å². The van der Waals surface area contributed by atoms with E-state index in [9.17, 15) is 14.4 Å². The molecule has 37 heavy (non-hydrogen) atoms. The average Bonchev–Trinajstić information content (AvgIpc) is 2.83. The van der Waals surface area contributed by atoms with Crippen molar-refractivity contribution in [2.45, 2.75) is 65.1 Å². The van der Waals surface area contributed by atoms with Crippen LogP contribution in [-0.2, 0) is 35.2 Å². The second-order valence-electron chi connectivity index (χ2n) is 9.00. The monoisotopic (exact) mass is 506 g/mol. The fraction of sp³-hybridized carbons (Fsp3) is 0.345. The highest BCUT2D eigenvalue weighted by Gasteiger charge is 2.41. The Morgan fingerprint density at radius 2 is 1.57 bits per heavy atom. The first-order chi connectivity index (χ1) is 17.7. The van der Waals surface area contributed by atoms with E-state index in [1.54, 1.807) is 30.3 Å². The summed E-state index contributed by atoms with van der Waals surface area (Å²) in [6.07, 6.45) is -1.75. The Morgan fingerprint density at radius 3 is 2.24 bits per heavy atom. The van der Waals surface area contributed by atoms with Gasteiger partial charge in [-0.3, -0.25) is 14.4 Å². The Kier molecular flexibility index (Phi) is 8.21. The summed E-state index contributed by atoms with van der Waals surface area (Å²) in [5.41, 5.74) is 1.61. The van der Waals surface area contributed by atoms with Gasteiger partial charge in [-0.05, 0) is 24.6 Å². The van der Waals surface area contributed by atoms with Crippen molar-refractivity contribution in [3.8, 4) is 11.5 Å². The molecule has 8 heteroatoms. The summed E-state index contributed by atoms with van der Waals surface area (Å²) < 4.78 is 29.2. The molecular formula is C29H30O8. The zero-order valence-electron chi connectivity index (χ0n) is 21.3. The molecule has 0 saturated carbocycles. The summed E-state index contributed by atoms with van der Waals surface area (Å²) in [6.45, 7) is 6.21. The van der Waals surface area contributed by atoms with Gasteiger partial charge >= 0.3 is 17.9 Å². The van der Waals surface area contributed by atoms with Gasteiger partial charge in [0.25, 0.3) is 0 Å². The molecule has 4 rings (SSSR count). The van der Waals surface area contributed by atoms with Crippen molar-refractivity contribution < 1.29 is 38.1 Å². The third-order valence-corrected chi connectivity index (χ3v) is 6.11. The number of carbonyl (C=O) groups excluding carboxylic acids is 3. The van der Waals surface area contributed by atoms with Crippen molar-refractivity contribution in [2.75, 3.05) is 0 Å². The lowest BCUT2D eigenvalue weighted by Crippen LogP contribution is -2.47. The first kappa shape index (κ1) is 26.3. The van der Waals surface area contributed by atoms with Crippen LogP contribution in [0, 0.1) is 0 Å². The summed E-state index contributed by atoms with van der Waals surface area (Å²) in [4.78, 5) is 35.6. The molecule has 1 unspecified atom stereocenters. The van der Waals surface area contributed by atoms with Crippen molar-refractivity contribution in [3.63, 3.8) is 0 Å². The van der Waals surface area contributed by atoms with Crippen molar-refractivity contribution >= 4 is 28.7 Å². The summed E-state index contributed by atoms with van der Waals surface area (Å²) in [7, 11) is 0. The predicted octanol–water partition coefficient (Wildman–Crippen LogP) is 5.06. The Bertz CT molecular complexity index is 1290. The Hall–Kier alpha value is -3.75. The van der Waals surface area contributed by atoms with E-state index in [4.69, 9.17) is 23.7 Å². The van der Waals surface area contributed by atoms with Gasteiger partial charge in [0.05, 0.1) is 18.8 Å². The molecule has 1 aliphatic rings. The lowest BCUT2D eigenvalue weighted by atomic mass is 9.92. The smallest absolute Gasteiger partial charge is 0.308 e. The highest BCUT2D eigenvalue weighted by Crippen LogP contribution is 2.43. The first-order valence-corrected chi connectivity index (χ1v) is 12.1. The molecule has 3 aromatic rings. The second kappa shape index (κ2) is 11.5. The third kappa shape index (κ3) is 6.34. The van der Waals surface area contributed by atoms with E-state index in [1.807, 2.05) is 37.3 Å².